The zero-order valence-corrected chi connectivity index (χ0v) is 31.5. The number of aromatic carboxylic acids is 1. The van der Waals surface area contributed by atoms with Gasteiger partial charge in [-0.05, 0) is 154 Å². The minimum absolute atomic E-state index is 0.0618. The highest BCUT2D eigenvalue weighted by atomic mass is 32.2. The lowest BCUT2D eigenvalue weighted by Gasteiger charge is -2.65. The molecule has 4 saturated carbocycles. The number of benzene rings is 1. The molecular formula is C41H63N3O3S. The number of nitrogens with one attached hydrogen (secondary N) is 1. The highest BCUT2D eigenvalue weighted by molar-refractivity contribution is 7.85. The fourth-order valence-electron chi connectivity index (χ4n) is 13.2. The summed E-state index contributed by atoms with van der Waals surface area (Å²) in [7, 11) is 3.98. The van der Waals surface area contributed by atoms with Crippen molar-refractivity contribution in [3.05, 3.63) is 41.5 Å². The predicted molar refractivity (Wildman–Crippen MR) is 197 cm³/mol. The van der Waals surface area contributed by atoms with E-state index in [0.29, 0.717) is 22.9 Å². The number of carboxylic acid groups (broad SMARTS) is 1. The molecule has 1 aromatic carbocycles. The summed E-state index contributed by atoms with van der Waals surface area (Å²) in [5, 5.41) is 13.8. The van der Waals surface area contributed by atoms with E-state index in [2.05, 4.69) is 63.0 Å². The van der Waals surface area contributed by atoms with E-state index in [0.717, 1.165) is 79.6 Å². The highest BCUT2D eigenvalue weighted by Crippen LogP contribution is 2.69. The first-order valence-electron chi connectivity index (χ1n) is 19.4. The quantitative estimate of drug-likeness (QED) is 0.308. The summed E-state index contributed by atoms with van der Waals surface area (Å²) < 4.78 is 11.9. The van der Waals surface area contributed by atoms with Gasteiger partial charge < -0.3 is 20.2 Å². The lowest BCUT2D eigenvalue weighted by atomic mass is 9.41. The maximum Gasteiger partial charge on any atom is 0.335 e. The van der Waals surface area contributed by atoms with Crippen LogP contribution in [0.15, 0.2) is 30.3 Å². The Morgan fingerprint density at radius 3 is 2.35 bits per heavy atom. The lowest BCUT2D eigenvalue weighted by Crippen LogP contribution is -2.62. The second-order valence-corrected chi connectivity index (χ2v) is 19.7. The molecule has 10 unspecified atom stereocenters. The third kappa shape index (κ3) is 5.88. The Balaban J connectivity index is 1.11. The van der Waals surface area contributed by atoms with Gasteiger partial charge in [0, 0.05) is 60.1 Å². The molecule has 0 amide bonds. The molecule has 5 fully saturated rings. The third-order valence-electron chi connectivity index (χ3n) is 15.6. The fraction of sp³-hybridized carbons (Fsp3) is 0.780. The molecule has 7 heteroatoms. The molecule has 6 nitrogen and oxygen atoms in total. The molecule has 6 aliphatic rings. The van der Waals surface area contributed by atoms with Crippen molar-refractivity contribution in [2.45, 2.75) is 97.1 Å². The van der Waals surface area contributed by atoms with Gasteiger partial charge in [-0.15, -0.1) is 0 Å². The Kier molecular flexibility index (Phi) is 9.61. The Labute approximate surface area is 293 Å². The minimum atomic E-state index is -0.854. The highest BCUT2D eigenvalue weighted by Gasteiger charge is 2.63. The van der Waals surface area contributed by atoms with E-state index in [1.807, 2.05) is 12.1 Å². The van der Waals surface area contributed by atoms with Crippen molar-refractivity contribution in [3.8, 4) is 0 Å². The SMILES string of the molecule is CC(C1CCC2(NCCN3CCS(=O)CC3)CCC3C(CCC4C3CCC3C(C)(C)C(c5ccc(C(=O)O)cc5)=CCC43C)C12)N(C)C. The molecule has 10 atom stereocenters. The van der Waals surface area contributed by atoms with Gasteiger partial charge in [0.1, 0.15) is 0 Å². The number of hydrogen-bond donors (Lipinski definition) is 2. The van der Waals surface area contributed by atoms with Crippen LogP contribution in [0.5, 0.6) is 0 Å². The van der Waals surface area contributed by atoms with E-state index in [4.69, 9.17) is 0 Å². The van der Waals surface area contributed by atoms with Crippen LogP contribution < -0.4 is 5.32 Å². The Morgan fingerprint density at radius 2 is 1.67 bits per heavy atom. The van der Waals surface area contributed by atoms with Crippen LogP contribution in [0, 0.1) is 52.3 Å². The van der Waals surface area contributed by atoms with E-state index >= 15 is 0 Å². The molecule has 48 heavy (non-hydrogen) atoms. The number of hydrogen-bond acceptors (Lipinski definition) is 5. The zero-order chi connectivity index (χ0) is 34.0. The molecule has 1 heterocycles. The van der Waals surface area contributed by atoms with Crippen LogP contribution in [-0.2, 0) is 10.8 Å². The smallest absolute Gasteiger partial charge is 0.335 e. The predicted octanol–water partition coefficient (Wildman–Crippen LogP) is 7.04. The van der Waals surface area contributed by atoms with Crippen molar-refractivity contribution in [2.75, 3.05) is 51.8 Å². The van der Waals surface area contributed by atoms with Crippen molar-refractivity contribution < 1.29 is 14.1 Å². The van der Waals surface area contributed by atoms with Crippen LogP contribution in [0.25, 0.3) is 5.57 Å². The normalized spacial score (nSPS) is 40.3. The van der Waals surface area contributed by atoms with E-state index in [-0.39, 0.29) is 11.0 Å². The molecular weight excluding hydrogens is 615 g/mol. The molecule has 0 aromatic heterocycles. The third-order valence-corrected chi connectivity index (χ3v) is 16.9. The molecule has 0 radical (unpaired) electrons. The topological polar surface area (TPSA) is 72.9 Å². The summed E-state index contributed by atoms with van der Waals surface area (Å²) >= 11 is 0. The summed E-state index contributed by atoms with van der Waals surface area (Å²) in [6.07, 6.45) is 14.6. The van der Waals surface area contributed by atoms with Gasteiger partial charge >= 0.3 is 5.97 Å². The van der Waals surface area contributed by atoms with Gasteiger partial charge in [-0.1, -0.05) is 39.0 Å². The molecule has 266 valence electrons. The number of nitrogens with zero attached hydrogens (tertiary/aromatic N) is 2. The molecule has 7 rings (SSSR count). The first kappa shape index (κ1) is 34.9. The maximum absolute atomic E-state index is 11.9. The Bertz CT molecular complexity index is 1400. The molecule has 2 N–H and O–H groups in total. The summed E-state index contributed by atoms with van der Waals surface area (Å²) in [6.45, 7) is 14.3. The van der Waals surface area contributed by atoms with Crippen LogP contribution in [0.3, 0.4) is 0 Å². The number of fused-ring (bicyclic) bond motifs is 7. The monoisotopic (exact) mass is 677 g/mol. The Hall–Kier alpha value is -1.54. The van der Waals surface area contributed by atoms with E-state index in [1.54, 1.807) is 12.1 Å². The van der Waals surface area contributed by atoms with Gasteiger partial charge in [0.05, 0.1) is 5.56 Å². The zero-order valence-electron chi connectivity index (χ0n) is 30.7. The number of allylic oxidation sites excluding steroid dienone is 2. The molecule has 1 aliphatic heterocycles. The maximum atomic E-state index is 11.9. The van der Waals surface area contributed by atoms with Crippen LogP contribution in [-0.4, -0.2) is 88.4 Å². The summed E-state index contributed by atoms with van der Waals surface area (Å²) in [6, 6.07) is 8.25. The Morgan fingerprint density at radius 1 is 0.979 bits per heavy atom. The van der Waals surface area contributed by atoms with Crippen molar-refractivity contribution in [1.29, 1.82) is 0 Å². The van der Waals surface area contributed by atoms with Crippen LogP contribution in [0.4, 0.5) is 0 Å². The standard InChI is InChI=1S/C41H63N3O3S/c1-27(43(5)6)30-15-19-41(42-21-22-44-23-25-48(47)26-24-44)20-16-31-32-12-14-36-39(2,3)34(28-7-9-29(10-8-28)38(45)46)17-18-40(36,4)35(32)13-11-33(31)37(30)41/h7-10,17,27,30-33,35-37,42H,11-16,18-26H2,1-6H3,(H,45,46). The summed E-state index contributed by atoms with van der Waals surface area (Å²) in [5.41, 5.74) is 3.65. The first-order chi connectivity index (χ1) is 22.9. The summed E-state index contributed by atoms with van der Waals surface area (Å²) in [4.78, 5) is 16.6. The number of carbonyl (C=O) groups is 1. The van der Waals surface area contributed by atoms with Crippen LogP contribution in [0.1, 0.15) is 101 Å². The van der Waals surface area contributed by atoms with Gasteiger partial charge in [-0.3, -0.25) is 4.21 Å². The molecule has 0 spiro atoms. The van der Waals surface area contributed by atoms with E-state index in [1.165, 1.54) is 62.5 Å². The minimum Gasteiger partial charge on any atom is -0.478 e. The summed E-state index contributed by atoms with van der Waals surface area (Å²) in [5.74, 6) is 6.31. The molecule has 1 saturated heterocycles. The molecule has 0 bridgehead atoms. The number of carboxylic acids is 1. The largest absolute Gasteiger partial charge is 0.478 e. The van der Waals surface area contributed by atoms with Gasteiger partial charge in [-0.25, -0.2) is 4.79 Å². The van der Waals surface area contributed by atoms with Crippen molar-refractivity contribution in [2.24, 2.45) is 52.3 Å². The van der Waals surface area contributed by atoms with Crippen LogP contribution >= 0.6 is 0 Å². The fourth-order valence-corrected chi connectivity index (χ4v) is 14.3. The molecule has 1 aromatic rings. The second kappa shape index (κ2) is 13.2. The van der Waals surface area contributed by atoms with Gasteiger partial charge in [0.2, 0.25) is 0 Å². The lowest BCUT2D eigenvalue weighted by molar-refractivity contribution is -0.129. The van der Waals surface area contributed by atoms with Crippen molar-refractivity contribution >= 4 is 22.3 Å². The van der Waals surface area contributed by atoms with Gasteiger partial charge in [0.15, 0.2) is 0 Å². The molecule has 5 aliphatic carbocycles. The van der Waals surface area contributed by atoms with E-state index in [9.17, 15) is 14.1 Å². The average molecular weight is 678 g/mol. The average Bonchev–Trinajstić information content (AvgIpc) is 3.45. The van der Waals surface area contributed by atoms with Gasteiger partial charge in [0.25, 0.3) is 0 Å². The second-order valence-electron chi connectivity index (χ2n) is 18.0. The van der Waals surface area contributed by atoms with Crippen molar-refractivity contribution in [3.63, 3.8) is 0 Å². The van der Waals surface area contributed by atoms with Crippen molar-refractivity contribution in [1.82, 2.24) is 15.1 Å². The number of rotatable bonds is 8. The van der Waals surface area contributed by atoms with Crippen LogP contribution in [0.2, 0.25) is 0 Å². The first-order valence-corrected chi connectivity index (χ1v) is 20.9. The van der Waals surface area contributed by atoms with E-state index < -0.39 is 16.8 Å². The van der Waals surface area contributed by atoms with Gasteiger partial charge in [-0.2, -0.15) is 0 Å².